The molecule has 3 aromatic heterocycles. The monoisotopic (exact) mass is 319 g/mol. The van der Waals surface area contributed by atoms with E-state index in [1.165, 1.54) is 0 Å². The Morgan fingerprint density at radius 2 is 2.33 bits per heavy atom. The first-order valence-electron chi connectivity index (χ1n) is 8.10. The number of aromatic nitrogens is 3. The Morgan fingerprint density at radius 3 is 3.21 bits per heavy atom. The van der Waals surface area contributed by atoms with E-state index in [1.54, 1.807) is 6.20 Å². The molecule has 1 fully saturated rings. The van der Waals surface area contributed by atoms with E-state index >= 15 is 0 Å². The number of aromatic amines is 1. The van der Waals surface area contributed by atoms with E-state index in [2.05, 4.69) is 25.9 Å². The van der Waals surface area contributed by atoms with E-state index in [-0.39, 0.29) is 12.2 Å². The zero-order valence-corrected chi connectivity index (χ0v) is 13.2. The third kappa shape index (κ3) is 2.48. The second kappa shape index (κ2) is 5.93. The van der Waals surface area contributed by atoms with Crippen LogP contribution in [-0.2, 0) is 4.79 Å². The number of hydrogen-bond acceptors (Lipinski definition) is 5. The summed E-state index contributed by atoms with van der Waals surface area (Å²) in [7, 11) is 0. The lowest BCUT2D eigenvalue weighted by molar-refractivity contribution is -0.118. The number of nitrogens with one attached hydrogen (secondary N) is 1. The average Bonchev–Trinajstić information content (AvgIpc) is 3.23. The summed E-state index contributed by atoms with van der Waals surface area (Å²) in [6.45, 7) is 1.76. The van der Waals surface area contributed by atoms with Gasteiger partial charge in [0.2, 0.25) is 0 Å². The predicted octanol–water partition coefficient (Wildman–Crippen LogP) is 2.81. The van der Waals surface area contributed by atoms with Crippen LogP contribution in [0.2, 0.25) is 0 Å². The quantitative estimate of drug-likeness (QED) is 0.799. The van der Waals surface area contributed by atoms with Gasteiger partial charge in [-0.05, 0) is 24.5 Å². The molecule has 0 saturated carbocycles. The molecule has 4 heterocycles. The molecule has 1 N–H and O–H groups in total. The summed E-state index contributed by atoms with van der Waals surface area (Å²) in [5.74, 6) is 0.364. The van der Waals surface area contributed by atoms with Crippen LogP contribution in [0.15, 0.2) is 30.7 Å². The molecule has 6 heteroatoms. The van der Waals surface area contributed by atoms with E-state index in [1.807, 2.05) is 24.5 Å². The van der Waals surface area contributed by atoms with Crippen molar-refractivity contribution in [1.29, 1.82) is 5.26 Å². The van der Waals surface area contributed by atoms with Gasteiger partial charge in [0, 0.05) is 48.4 Å². The van der Waals surface area contributed by atoms with Crippen LogP contribution in [-0.4, -0.2) is 33.8 Å². The lowest BCUT2D eigenvalue weighted by Crippen LogP contribution is -2.21. The van der Waals surface area contributed by atoms with Crippen molar-refractivity contribution in [1.82, 2.24) is 15.0 Å². The van der Waals surface area contributed by atoms with Crippen LogP contribution in [0, 0.1) is 17.2 Å². The molecule has 0 radical (unpaired) electrons. The van der Waals surface area contributed by atoms with Gasteiger partial charge in [-0.1, -0.05) is 0 Å². The number of carbonyl (C=O) groups excluding carboxylic acids is 1. The fourth-order valence-corrected chi connectivity index (χ4v) is 3.60. The summed E-state index contributed by atoms with van der Waals surface area (Å²) >= 11 is 0. The van der Waals surface area contributed by atoms with Crippen LogP contribution in [0.5, 0.6) is 0 Å². The number of nitrogens with zero attached hydrogens (tertiary/aromatic N) is 4. The van der Waals surface area contributed by atoms with Gasteiger partial charge >= 0.3 is 0 Å². The molecule has 3 aromatic rings. The molecule has 6 nitrogen and oxygen atoms in total. The van der Waals surface area contributed by atoms with Crippen LogP contribution in [0.1, 0.15) is 19.3 Å². The maximum absolute atomic E-state index is 11.7. The molecular formula is C18H17N5O. The van der Waals surface area contributed by atoms with Crippen molar-refractivity contribution in [3.63, 3.8) is 0 Å². The van der Waals surface area contributed by atoms with Crippen molar-refractivity contribution in [2.75, 3.05) is 18.0 Å². The van der Waals surface area contributed by atoms with E-state index < -0.39 is 0 Å². The third-order valence-electron chi connectivity index (χ3n) is 4.69. The lowest BCUT2D eigenvalue weighted by atomic mass is 10.0. The van der Waals surface area contributed by atoms with Gasteiger partial charge in [0.1, 0.15) is 5.78 Å². The maximum Gasteiger partial charge on any atom is 0.159 e. The van der Waals surface area contributed by atoms with Crippen molar-refractivity contribution < 1.29 is 4.79 Å². The van der Waals surface area contributed by atoms with E-state index in [0.29, 0.717) is 12.3 Å². The minimum absolute atomic E-state index is 0.0191. The van der Waals surface area contributed by atoms with Crippen molar-refractivity contribution >= 4 is 33.4 Å². The molecule has 0 amide bonds. The van der Waals surface area contributed by atoms with Crippen LogP contribution in [0.4, 0.5) is 5.69 Å². The summed E-state index contributed by atoms with van der Waals surface area (Å²) in [6.07, 6.45) is 7.01. The highest BCUT2D eigenvalue weighted by Crippen LogP contribution is 2.34. The number of anilines is 1. The molecule has 0 aromatic carbocycles. The lowest BCUT2D eigenvalue weighted by Gasteiger charge is -2.21. The normalized spacial score (nSPS) is 17.5. The van der Waals surface area contributed by atoms with Crippen LogP contribution in [0.25, 0.3) is 21.9 Å². The van der Waals surface area contributed by atoms with Crippen molar-refractivity contribution in [3.05, 3.63) is 30.7 Å². The molecule has 1 aliphatic rings. The summed E-state index contributed by atoms with van der Waals surface area (Å²) in [6, 6.07) is 6.01. The SMILES string of the molecule is N#CCC(=O)CC1CCN(c2cc[nH]c3cnc4nccc4c23)C1. The number of pyridine rings is 2. The fraction of sp³-hybridized carbons (Fsp3) is 0.333. The average molecular weight is 319 g/mol. The molecule has 0 aliphatic carbocycles. The number of hydrogen-bond donors (Lipinski definition) is 1. The Balaban J connectivity index is 1.67. The minimum Gasteiger partial charge on any atom is -0.371 e. The zero-order valence-electron chi connectivity index (χ0n) is 13.2. The summed E-state index contributed by atoms with van der Waals surface area (Å²) in [5.41, 5.74) is 2.89. The first kappa shape index (κ1) is 14.6. The molecule has 1 unspecified atom stereocenters. The molecular weight excluding hydrogens is 302 g/mol. The van der Waals surface area contributed by atoms with Crippen LogP contribution < -0.4 is 4.90 Å². The van der Waals surface area contributed by atoms with Gasteiger partial charge < -0.3 is 9.88 Å². The number of Topliss-reactive ketones (excluding diaryl/α,β-unsaturated/α-hetero) is 1. The highest BCUT2D eigenvalue weighted by Gasteiger charge is 2.26. The topological polar surface area (TPSA) is 85.7 Å². The minimum atomic E-state index is 0.0191. The standard InChI is InChI=1S/C18H17N5O/c19-5-1-13(24)9-12-4-8-23(11-12)16-3-7-20-15-10-22-18-14(17(15)16)2-6-21-18/h2-3,6-7,10,12,20H,1,4,8-9,11H2. The largest absolute Gasteiger partial charge is 0.371 e. The molecule has 0 spiro atoms. The zero-order chi connectivity index (χ0) is 16.5. The van der Waals surface area contributed by atoms with E-state index in [4.69, 9.17) is 5.26 Å². The molecule has 0 bridgehead atoms. The Morgan fingerprint density at radius 1 is 1.42 bits per heavy atom. The molecule has 24 heavy (non-hydrogen) atoms. The van der Waals surface area contributed by atoms with E-state index in [9.17, 15) is 4.79 Å². The summed E-state index contributed by atoms with van der Waals surface area (Å²) < 4.78 is 0. The van der Waals surface area contributed by atoms with Crippen molar-refractivity contribution in [2.45, 2.75) is 19.3 Å². The number of rotatable bonds is 4. The first-order chi connectivity index (χ1) is 11.8. The molecule has 4 rings (SSSR count). The van der Waals surface area contributed by atoms with Gasteiger partial charge in [-0.15, -0.1) is 0 Å². The highest BCUT2D eigenvalue weighted by atomic mass is 16.1. The molecule has 1 atom stereocenters. The Kier molecular flexibility index (Phi) is 3.62. The Bertz CT molecular complexity index is 955. The number of ketones is 1. The molecule has 1 aliphatic heterocycles. The van der Waals surface area contributed by atoms with Gasteiger partial charge in [0.05, 0.1) is 24.2 Å². The summed E-state index contributed by atoms with van der Waals surface area (Å²) in [4.78, 5) is 26.0. The number of carbonyl (C=O) groups is 1. The Labute approximate surface area is 139 Å². The number of H-pyrrole nitrogens is 1. The second-order valence-corrected chi connectivity index (χ2v) is 6.27. The number of nitriles is 1. The van der Waals surface area contributed by atoms with Gasteiger partial charge in [-0.2, -0.15) is 5.26 Å². The fourth-order valence-electron chi connectivity index (χ4n) is 3.60. The van der Waals surface area contributed by atoms with Crippen molar-refractivity contribution in [2.24, 2.45) is 5.92 Å². The van der Waals surface area contributed by atoms with Crippen LogP contribution >= 0.6 is 0 Å². The smallest absolute Gasteiger partial charge is 0.159 e. The Hall–Kier alpha value is -2.94. The van der Waals surface area contributed by atoms with Gasteiger partial charge in [0.15, 0.2) is 5.65 Å². The highest BCUT2D eigenvalue weighted by molar-refractivity contribution is 6.10. The van der Waals surface area contributed by atoms with Crippen LogP contribution in [0.3, 0.4) is 0 Å². The maximum atomic E-state index is 11.7. The molecule has 120 valence electrons. The van der Waals surface area contributed by atoms with Gasteiger partial charge in [-0.3, -0.25) is 4.79 Å². The number of fused-ring (bicyclic) bond motifs is 3. The second-order valence-electron chi connectivity index (χ2n) is 6.27. The first-order valence-corrected chi connectivity index (χ1v) is 8.10. The van der Waals surface area contributed by atoms with Gasteiger partial charge in [-0.25, -0.2) is 9.97 Å². The van der Waals surface area contributed by atoms with Crippen molar-refractivity contribution in [3.8, 4) is 6.07 Å². The summed E-state index contributed by atoms with van der Waals surface area (Å²) in [5, 5.41) is 10.8. The van der Waals surface area contributed by atoms with E-state index in [0.717, 1.165) is 47.1 Å². The van der Waals surface area contributed by atoms with Gasteiger partial charge in [0.25, 0.3) is 0 Å². The predicted molar refractivity (Wildman–Crippen MR) is 91.6 cm³/mol. The molecule has 1 saturated heterocycles. The third-order valence-corrected chi connectivity index (χ3v) is 4.69.